The highest BCUT2D eigenvalue weighted by Gasteiger charge is 2.42. The molecule has 6 nitrogen and oxygen atoms in total. The topological polar surface area (TPSA) is 66.9 Å². The molecule has 1 aromatic carbocycles. The molecule has 0 unspecified atom stereocenters. The average molecular weight is 316 g/mol. The van der Waals surface area contributed by atoms with Gasteiger partial charge in [0.2, 0.25) is 5.91 Å². The fourth-order valence-electron chi connectivity index (χ4n) is 3.27. The minimum atomic E-state index is -0.443. The molecule has 2 amide bonds. The first kappa shape index (κ1) is 15.7. The molecule has 2 saturated heterocycles. The summed E-state index contributed by atoms with van der Waals surface area (Å²) >= 11 is 0. The van der Waals surface area contributed by atoms with Crippen molar-refractivity contribution in [3.8, 4) is 0 Å². The lowest BCUT2D eigenvalue weighted by Gasteiger charge is -2.30. The Hall–Kier alpha value is -2.21. The average Bonchev–Trinajstić information content (AvgIpc) is 2.89. The molecule has 0 radical (unpaired) electrons. The number of hydrogen-bond donors (Lipinski definition) is 0. The number of imide groups is 1. The van der Waals surface area contributed by atoms with Crippen molar-refractivity contribution in [3.63, 3.8) is 0 Å². The third-order valence-corrected chi connectivity index (χ3v) is 4.50. The summed E-state index contributed by atoms with van der Waals surface area (Å²) in [5.74, 6) is -0.791. The number of ether oxygens (including phenoxy) is 1. The van der Waals surface area contributed by atoms with E-state index < -0.39 is 5.97 Å². The van der Waals surface area contributed by atoms with Crippen LogP contribution in [0.2, 0.25) is 0 Å². The van der Waals surface area contributed by atoms with Crippen molar-refractivity contribution in [2.24, 2.45) is 0 Å². The summed E-state index contributed by atoms with van der Waals surface area (Å²) in [5, 5.41) is 0. The normalized spacial score (nSPS) is 22.5. The Bertz CT molecular complexity index is 620. The Morgan fingerprint density at radius 2 is 1.74 bits per heavy atom. The molecule has 1 atom stereocenters. The van der Waals surface area contributed by atoms with Gasteiger partial charge < -0.3 is 4.74 Å². The second kappa shape index (κ2) is 6.50. The quantitative estimate of drug-likeness (QED) is 0.626. The van der Waals surface area contributed by atoms with Crippen molar-refractivity contribution >= 4 is 23.5 Å². The number of carbonyl (C=O) groups is 3. The fraction of sp³-hybridized carbons (Fsp3) is 0.471. The van der Waals surface area contributed by atoms with Gasteiger partial charge in [0, 0.05) is 0 Å². The summed E-state index contributed by atoms with van der Waals surface area (Å²) in [6.07, 6.45) is 3.57. The zero-order valence-corrected chi connectivity index (χ0v) is 13.2. The monoisotopic (exact) mass is 316 g/mol. The standard InChI is InChI=1S/C17H20N2O4/c1-23-17(22)12-5-7-13(8-6-12)19-15(20)11-14(16(19)21)18-9-3-2-4-10-18/h5-8,14H,2-4,9-11H2,1H3/t14-/m1/s1. The minimum Gasteiger partial charge on any atom is -0.465 e. The number of esters is 1. The van der Waals surface area contributed by atoms with Gasteiger partial charge in [-0.1, -0.05) is 6.42 Å². The first-order chi connectivity index (χ1) is 11.1. The number of carbonyl (C=O) groups excluding carboxylic acids is 3. The zero-order chi connectivity index (χ0) is 16.4. The highest BCUT2D eigenvalue weighted by molar-refractivity contribution is 6.22. The molecule has 6 heteroatoms. The van der Waals surface area contributed by atoms with Crippen molar-refractivity contribution in [1.29, 1.82) is 0 Å². The predicted octanol–water partition coefficient (Wildman–Crippen LogP) is 1.59. The molecule has 0 bridgehead atoms. The highest BCUT2D eigenvalue weighted by atomic mass is 16.5. The first-order valence-electron chi connectivity index (χ1n) is 7.91. The molecule has 0 aliphatic carbocycles. The van der Waals surface area contributed by atoms with E-state index in [0.717, 1.165) is 25.9 Å². The molecule has 0 N–H and O–H groups in total. The molecule has 0 spiro atoms. The number of piperidine rings is 1. The van der Waals surface area contributed by atoms with Crippen molar-refractivity contribution < 1.29 is 19.1 Å². The number of rotatable bonds is 3. The molecule has 2 aliphatic heterocycles. The van der Waals surface area contributed by atoms with E-state index in [2.05, 4.69) is 9.64 Å². The van der Waals surface area contributed by atoms with Gasteiger partial charge >= 0.3 is 5.97 Å². The summed E-state index contributed by atoms with van der Waals surface area (Å²) in [7, 11) is 1.31. The highest BCUT2D eigenvalue weighted by Crippen LogP contribution is 2.27. The van der Waals surface area contributed by atoms with Gasteiger partial charge in [-0.3, -0.25) is 14.5 Å². The number of anilines is 1. The SMILES string of the molecule is COC(=O)c1ccc(N2C(=O)C[C@@H](N3CCCCC3)C2=O)cc1. The van der Waals surface area contributed by atoms with Gasteiger partial charge in [0.05, 0.1) is 30.8 Å². The van der Waals surface area contributed by atoms with Crippen molar-refractivity contribution in [1.82, 2.24) is 4.90 Å². The number of benzene rings is 1. The van der Waals surface area contributed by atoms with Crippen LogP contribution in [0.5, 0.6) is 0 Å². The van der Waals surface area contributed by atoms with Crippen molar-refractivity contribution in [2.45, 2.75) is 31.7 Å². The Balaban J connectivity index is 1.78. The van der Waals surface area contributed by atoms with E-state index >= 15 is 0 Å². The maximum Gasteiger partial charge on any atom is 0.337 e. The van der Waals surface area contributed by atoms with Crippen molar-refractivity contribution in [2.75, 3.05) is 25.1 Å². The summed E-state index contributed by atoms with van der Waals surface area (Å²) in [6, 6.07) is 6.01. The van der Waals surface area contributed by atoms with E-state index in [9.17, 15) is 14.4 Å². The zero-order valence-electron chi connectivity index (χ0n) is 13.2. The Labute approximate surface area is 135 Å². The summed E-state index contributed by atoms with van der Waals surface area (Å²) in [6.45, 7) is 1.75. The molecule has 0 saturated carbocycles. The van der Waals surface area contributed by atoms with Crippen LogP contribution in [0.4, 0.5) is 5.69 Å². The number of hydrogen-bond acceptors (Lipinski definition) is 5. The second-order valence-electron chi connectivity index (χ2n) is 5.92. The van der Waals surface area contributed by atoms with Crippen LogP contribution in [-0.4, -0.2) is 48.9 Å². The number of likely N-dealkylation sites (tertiary alicyclic amines) is 1. The van der Waals surface area contributed by atoms with Gasteiger partial charge in [0.25, 0.3) is 5.91 Å². The summed E-state index contributed by atoms with van der Waals surface area (Å²) in [4.78, 5) is 39.8. The van der Waals surface area contributed by atoms with Gasteiger partial charge in [0.1, 0.15) is 0 Å². The van der Waals surface area contributed by atoms with Gasteiger partial charge in [-0.2, -0.15) is 0 Å². The van der Waals surface area contributed by atoms with Crippen LogP contribution in [0.1, 0.15) is 36.0 Å². The number of nitrogens with zero attached hydrogens (tertiary/aromatic N) is 2. The molecule has 3 rings (SSSR count). The van der Waals surface area contributed by atoms with Crippen molar-refractivity contribution in [3.05, 3.63) is 29.8 Å². The van der Waals surface area contributed by atoms with E-state index in [1.165, 1.54) is 18.4 Å². The predicted molar refractivity (Wildman–Crippen MR) is 84.1 cm³/mol. The van der Waals surface area contributed by atoms with E-state index in [1.54, 1.807) is 24.3 Å². The lowest BCUT2D eigenvalue weighted by molar-refractivity contribution is -0.123. The van der Waals surface area contributed by atoms with Crippen LogP contribution < -0.4 is 4.90 Å². The Kier molecular flexibility index (Phi) is 4.43. The number of amides is 2. The van der Waals surface area contributed by atoms with E-state index in [4.69, 9.17) is 0 Å². The van der Waals surface area contributed by atoms with Crippen LogP contribution in [0.15, 0.2) is 24.3 Å². The molecule has 2 fully saturated rings. The smallest absolute Gasteiger partial charge is 0.337 e. The lowest BCUT2D eigenvalue weighted by Crippen LogP contribution is -2.44. The largest absolute Gasteiger partial charge is 0.465 e. The fourth-order valence-corrected chi connectivity index (χ4v) is 3.27. The summed E-state index contributed by atoms with van der Waals surface area (Å²) < 4.78 is 4.65. The Morgan fingerprint density at radius 3 is 2.35 bits per heavy atom. The minimum absolute atomic E-state index is 0.164. The van der Waals surface area contributed by atoms with Crippen LogP contribution in [0, 0.1) is 0 Å². The molecular formula is C17H20N2O4. The summed E-state index contributed by atoms with van der Waals surface area (Å²) in [5.41, 5.74) is 0.898. The number of methoxy groups -OCH3 is 1. The molecule has 2 aliphatic rings. The van der Waals surface area contributed by atoms with Gasteiger partial charge in [-0.25, -0.2) is 9.69 Å². The van der Waals surface area contributed by atoms with E-state index in [-0.39, 0.29) is 24.3 Å². The molecule has 122 valence electrons. The molecule has 2 heterocycles. The Morgan fingerprint density at radius 1 is 1.09 bits per heavy atom. The van der Waals surface area contributed by atoms with E-state index in [0.29, 0.717) is 11.3 Å². The van der Waals surface area contributed by atoms with Crippen LogP contribution in [0.25, 0.3) is 0 Å². The molecule has 23 heavy (non-hydrogen) atoms. The van der Waals surface area contributed by atoms with E-state index in [1.807, 2.05) is 0 Å². The maximum absolute atomic E-state index is 12.7. The van der Waals surface area contributed by atoms with Crippen LogP contribution in [0.3, 0.4) is 0 Å². The molecular weight excluding hydrogens is 296 g/mol. The van der Waals surface area contributed by atoms with Crippen LogP contribution in [-0.2, 0) is 14.3 Å². The third kappa shape index (κ3) is 2.99. The lowest BCUT2D eigenvalue weighted by atomic mass is 10.1. The van der Waals surface area contributed by atoms with Crippen LogP contribution >= 0.6 is 0 Å². The third-order valence-electron chi connectivity index (χ3n) is 4.50. The molecule has 0 aromatic heterocycles. The first-order valence-corrected chi connectivity index (χ1v) is 7.91. The van der Waals surface area contributed by atoms with Gasteiger partial charge in [-0.05, 0) is 50.2 Å². The maximum atomic E-state index is 12.7. The molecule has 1 aromatic rings. The van der Waals surface area contributed by atoms with Gasteiger partial charge in [0.15, 0.2) is 0 Å². The second-order valence-corrected chi connectivity index (χ2v) is 5.92. The van der Waals surface area contributed by atoms with Gasteiger partial charge in [-0.15, -0.1) is 0 Å².